The predicted octanol–water partition coefficient (Wildman–Crippen LogP) is 2.26. The smallest absolute Gasteiger partial charge is 0.270 e. The molecule has 1 aromatic rings. The number of piperidine rings is 1. The number of amides is 1. The molecule has 2 aliphatic rings. The zero-order chi connectivity index (χ0) is 15.7. The van der Waals surface area contributed by atoms with E-state index >= 15 is 0 Å². The van der Waals surface area contributed by atoms with E-state index in [1.165, 1.54) is 19.3 Å². The molecule has 0 aliphatic carbocycles. The third-order valence-electron chi connectivity index (χ3n) is 4.49. The molecule has 0 saturated carbocycles. The van der Waals surface area contributed by atoms with Crippen LogP contribution in [0.15, 0.2) is 18.2 Å². The molecule has 22 heavy (non-hydrogen) atoms. The topological polar surface area (TPSA) is 58.8 Å². The van der Waals surface area contributed by atoms with Crippen LogP contribution in [0.2, 0.25) is 0 Å². The van der Waals surface area contributed by atoms with E-state index in [0.29, 0.717) is 18.0 Å². The maximum absolute atomic E-state index is 12.7. The molecule has 0 aromatic heterocycles. The maximum atomic E-state index is 12.7. The Bertz CT molecular complexity index is 565. The average Bonchev–Trinajstić information content (AvgIpc) is 2.48. The van der Waals surface area contributed by atoms with Gasteiger partial charge >= 0.3 is 0 Å². The Morgan fingerprint density at radius 2 is 1.91 bits per heavy atom. The number of hydrogen-bond donors (Lipinski definition) is 1. The summed E-state index contributed by atoms with van der Waals surface area (Å²) in [7, 11) is 0. The number of nitrogens with zero attached hydrogens (tertiary/aromatic N) is 2. The summed E-state index contributed by atoms with van der Waals surface area (Å²) in [6.45, 7) is 7.51. The van der Waals surface area contributed by atoms with Crippen LogP contribution in [-0.4, -0.2) is 42.6 Å². The fraction of sp³-hybridized carbons (Fsp3) is 0.588. The molecular formula is C17H25N3O2. The largest absolute Gasteiger partial charge is 0.476 e. The zero-order valence-electron chi connectivity index (χ0n) is 13.5. The first-order valence-electron chi connectivity index (χ1n) is 8.10. The van der Waals surface area contributed by atoms with Gasteiger partial charge in [-0.15, -0.1) is 0 Å². The van der Waals surface area contributed by atoms with Gasteiger partial charge in [-0.05, 0) is 51.9 Å². The minimum absolute atomic E-state index is 0.0155. The molecule has 1 aromatic carbocycles. The van der Waals surface area contributed by atoms with E-state index < -0.39 is 5.60 Å². The Kier molecular flexibility index (Phi) is 4.00. The summed E-state index contributed by atoms with van der Waals surface area (Å²) >= 11 is 0. The second-order valence-electron chi connectivity index (χ2n) is 6.70. The monoisotopic (exact) mass is 303 g/mol. The van der Waals surface area contributed by atoms with Crippen molar-refractivity contribution in [1.29, 1.82) is 0 Å². The van der Waals surface area contributed by atoms with Crippen molar-refractivity contribution in [3.63, 3.8) is 0 Å². The van der Waals surface area contributed by atoms with Gasteiger partial charge in [-0.25, -0.2) is 0 Å². The highest BCUT2D eigenvalue weighted by Gasteiger charge is 2.40. The van der Waals surface area contributed by atoms with Crippen LogP contribution in [-0.2, 0) is 4.79 Å². The number of likely N-dealkylation sites (tertiary alicyclic amines) is 1. The van der Waals surface area contributed by atoms with Crippen molar-refractivity contribution in [1.82, 2.24) is 4.90 Å². The third kappa shape index (κ3) is 2.90. The van der Waals surface area contributed by atoms with Gasteiger partial charge in [0.05, 0.1) is 5.69 Å². The van der Waals surface area contributed by atoms with Crippen molar-refractivity contribution < 1.29 is 9.53 Å². The summed E-state index contributed by atoms with van der Waals surface area (Å²) in [5, 5.41) is 0. The van der Waals surface area contributed by atoms with Crippen LogP contribution in [0.4, 0.5) is 11.4 Å². The van der Waals surface area contributed by atoms with E-state index in [0.717, 1.165) is 25.3 Å². The number of ether oxygens (including phenoxy) is 1. The van der Waals surface area contributed by atoms with E-state index in [-0.39, 0.29) is 5.91 Å². The van der Waals surface area contributed by atoms with E-state index in [9.17, 15) is 4.79 Å². The van der Waals surface area contributed by atoms with Crippen LogP contribution in [0.3, 0.4) is 0 Å². The molecule has 3 rings (SSSR count). The number of fused-ring (bicyclic) bond motifs is 1. The minimum Gasteiger partial charge on any atom is -0.476 e. The summed E-state index contributed by atoms with van der Waals surface area (Å²) in [4.78, 5) is 17.0. The van der Waals surface area contributed by atoms with Crippen LogP contribution >= 0.6 is 0 Å². The van der Waals surface area contributed by atoms with Crippen LogP contribution in [0.25, 0.3) is 0 Å². The number of carbonyl (C=O) groups is 1. The van der Waals surface area contributed by atoms with Gasteiger partial charge in [0.15, 0.2) is 5.60 Å². The van der Waals surface area contributed by atoms with Gasteiger partial charge in [-0.2, -0.15) is 0 Å². The van der Waals surface area contributed by atoms with E-state index in [4.69, 9.17) is 10.5 Å². The van der Waals surface area contributed by atoms with Gasteiger partial charge in [-0.3, -0.25) is 4.79 Å². The Labute approximate surface area is 132 Å². The first-order chi connectivity index (χ1) is 10.5. The molecule has 1 amide bonds. The molecule has 2 N–H and O–H groups in total. The van der Waals surface area contributed by atoms with Crippen molar-refractivity contribution in [3.8, 4) is 5.75 Å². The second-order valence-corrected chi connectivity index (χ2v) is 6.70. The number of hydrogen-bond acceptors (Lipinski definition) is 4. The molecule has 2 heterocycles. The number of nitrogen functional groups attached to an aromatic ring is 1. The number of rotatable bonds is 3. The molecule has 0 unspecified atom stereocenters. The van der Waals surface area contributed by atoms with Crippen molar-refractivity contribution in [2.75, 3.05) is 36.8 Å². The van der Waals surface area contributed by atoms with E-state index in [1.54, 1.807) is 6.07 Å². The summed E-state index contributed by atoms with van der Waals surface area (Å²) < 4.78 is 5.85. The van der Waals surface area contributed by atoms with Gasteiger partial charge < -0.3 is 20.3 Å². The molecule has 2 aliphatic heterocycles. The third-order valence-corrected chi connectivity index (χ3v) is 4.49. The standard InChI is InChI=1S/C17H25N3O2/c1-17(2)16(21)20(11-10-19-8-4-3-5-9-19)14-7-6-13(18)12-15(14)22-17/h6-7,12H,3-5,8-11,18H2,1-2H3. The molecule has 0 spiro atoms. The first kappa shape index (κ1) is 15.2. The molecule has 0 atom stereocenters. The summed E-state index contributed by atoms with van der Waals surface area (Å²) in [6.07, 6.45) is 3.84. The number of benzene rings is 1. The highest BCUT2D eigenvalue weighted by molar-refractivity contribution is 6.02. The van der Waals surface area contributed by atoms with Crippen molar-refractivity contribution >= 4 is 17.3 Å². The maximum Gasteiger partial charge on any atom is 0.270 e. The lowest BCUT2D eigenvalue weighted by Crippen LogP contribution is -2.54. The van der Waals surface area contributed by atoms with Crippen molar-refractivity contribution in [2.24, 2.45) is 0 Å². The SMILES string of the molecule is CC1(C)Oc2cc(N)ccc2N(CCN2CCCCC2)C1=O. The summed E-state index contributed by atoms with van der Waals surface area (Å²) in [6, 6.07) is 5.51. The second kappa shape index (κ2) is 5.80. The average molecular weight is 303 g/mol. The molecule has 1 fully saturated rings. The van der Waals surface area contributed by atoms with Gasteiger partial charge in [0.1, 0.15) is 5.75 Å². The molecular weight excluding hydrogens is 278 g/mol. The Morgan fingerprint density at radius 3 is 2.64 bits per heavy atom. The molecule has 1 saturated heterocycles. The van der Waals surface area contributed by atoms with Gasteiger partial charge in [-0.1, -0.05) is 6.42 Å². The Morgan fingerprint density at radius 1 is 1.18 bits per heavy atom. The van der Waals surface area contributed by atoms with Gasteiger partial charge in [0.2, 0.25) is 0 Å². The van der Waals surface area contributed by atoms with E-state index in [2.05, 4.69) is 4.90 Å². The number of nitrogens with two attached hydrogens (primary N) is 1. The minimum atomic E-state index is -0.845. The molecule has 120 valence electrons. The van der Waals surface area contributed by atoms with Gasteiger partial charge in [0.25, 0.3) is 5.91 Å². The molecule has 0 bridgehead atoms. The lowest BCUT2D eigenvalue weighted by Gasteiger charge is -2.40. The lowest BCUT2D eigenvalue weighted by atomic mass is 10.0. The summed E-state index contributed by atoms with van der Waals surface area (Å²) in [5.41, 5.74) is 6.49. The fourth-order valence-electron chi connectivity index (χ4n) is 3.23. The predicted molar refractivity (Wildman–Crippen MR) is 88.2 cm³/mol. The quantitative estimate of drug-likeness (QED) is 0.870. The Hall–Kier alpha value is -1.75. The molecule has 5 heteroatoms. The number of anilines is 2. The number of carbonyl (C=O) groups excluding carboxylic acids is 1. The molecule has 5 nitrogen and oxygen atoms in total. The van der Waals surface area contributed by atoms with E-state index in [1.807, 2.05) is 30.9 Å². The summed E-state index contributed by atoms with van der Waals surface area (Å²) in [5.74, 6) is 0.713. The van der Waals surface area contributed by atoms with Crippen molar-refractivity contribution in [2.45, 2.75) is 38.7 Å². The van der Waals surface area contributed by atoms with Crippen molar-refractivity contribution in [3.05, 3.63) is 18.2 Å². The zero-order valence-corrected chi connectivity index (χ0v) is 13.5. The first-order valence-corrected chi connectivity index (χ1v) is 8.10. The Balaban J connectivity index is 1.80. The highest BCUT2D eigenvalue weighted by atomic mass is 16.5. The normalized spacial score (nSPS) is 21.4. The van der Waals surface area contributed by atoms with Gasteiger partial charge in [0, 0.05) is 24.8 Å². The van der Waals surface area contributed by atoms with Crippen LogP contribution < -0.4 is 15.4 Å². The van der Waals surface area contributed by atoms with Crippen LogP contribution in [0, 0.1) is 0 Å². The van der Waals surface area contributed by atoms with Crippen LogP contribution in [0.1, 0.15) is 33.1 Å². The van der Waals surface area contributed by atoms with Crippen LogP contribution in [0.5, 0.6) is 5.75 Å². The highest BCUT2D eigenvalue weighted by Crippen LogP contribution is 2.38. The molecule has 0 radical (unpaired) electrons. The fourth-order valence-corrected chi connectivity index (χ4v) is 3.23. The lowest BCUT2D eigenvalue weighted by molar-refractivity contribution is -0.132.